The van der Waals surface area contributed by atoms with Crippen molar-refractivity contribution >= 4 is 17.3 Å². The third kappa shape index (κ3) is 3.52. The number of nitrogens with zero attached hydrogens (tertiary/aromatic N) is 3. The van der Waals surface area contributed by atoms with Crippen molar-refractivity contribution in [3.63, 3.8) is 0 Å². The summed E-state index contributed by atoms with van der Waals surface area (Å²) >= 11 is 0. The molecule has 1 aromatic carbocycles. The van der Waals surface area contributed by atoms with Crippen LogP contribution in [0.2, 0.25) is 0 Å². The van der Waals surface area contributed by atoms with E-state index in [4.69, 9.17) is 0 Å². The average molecular weight is 350 g/mol. The van der Waals surface area contributed by atoms with Gasteiger partial charge in [-0.1, -0.05) is 12.1 Å². The van der Waals surface area contributed by atoms with Crippen molar-refractivity contribution in [1.29, 1.82) is 0 Å². The first kappa shape index (κ1) is 16.9. The maximum atomic E-state index is 12.0. The van der Waals surface area contributed by atoms with E-state index in [1.54, 1.807) is 0 Å². The van der Waals surface area contributed by atoms with Crippen LogP contribution in [0.25, 0.3) is 0 Å². The molecule has 1 aromatic heterocycles. The van der Waals surface area contributed by atoms with E-state index in [1.807, 2.05) is 18.3 Å². The molecule has 0 radical (unpaired) electrons. The van der Waals surface area contributed by atoms with Crippen LogP contribution in [0.3, 0.4) is 0 Å². The van der Waals surface area contributed by atoms with Crippen molar-refractivity contribution in [1.82, 2.24) is 10.3 Å². The summed E-state index contributed by atoms with van der Waals surface area (Å²) < 4.78 is 0. The van der Waals surface area contributed by atoms with Gasteiger partial charge >= 0.3 is 0 Å². The Kier molecular flexibility index (Phi) is 4.53. The number of carbonyl (C=O) groups excluding carboxylic acids is 1. The molecule has 4 rings (SSSR count). The van der Waals surface area contributed by atoms with E-state index in [9.17, 15) is 4.79 Å². The van der Waals surface area contributed by atoms with E-state index in [0.717, 1.165) is 44.7 Å². The molecule has 1 aliphatic heterocycles. The number of piperazine rings is 1. The summed E-state index contributed by atoms with van der Waals surface area (Å²) in [5.41, 5.74) is 5.65. The van der Waals surface area contributed by atoms with E-state index < -0.39 is 0 Å². The molecule has 2 aliphatic rings. The number of aromatic nitrogens is 1. The van der Waals surface area contributed by atoms with E-state index >= 15 is 0 Å². The second-order valence-corrected chi connectivity index (χ2v) is 7.34. The standard InChI is InChI=1S/C21H26N4O/c1-15-4-3-5-20(16(15)2)25-12-10-24(11-13-25)18-8-9-19(22-14-18)21(26)23-17-6-7-17/h3-5,8-9,14,17H,6-7,10-13H2,1-2H3,(H,23,26). The summed E-state index contributed by atoms with van der Waals surface area (Å²) in [6, 6.07) is 10.7. The third-order valence-electron chi connectivity index (χ3n) is 5.45. The molecule has 26 heavy (non-hydrogen) atoms. The molecular weight excluding hydrogens is 324 g/mol. The molecule has 2 aromatic rings. The number of pyridine rings is 1. The normalized spacial score (nSPS) is 17.3. The smallest absolute Gasteiger partial charge is 0.270 e. The van der Waals surface area contributed by atoms with Crippen LogP contribution in [0.1, 0.15) is 34.5 Å². The van der Waals surface area contributed by atoms with Gasteiger partial charge in [0.05, 0.1) is 11.9 Å². The third-order valence-corrected chi connectivity index (χ3v) is 5.45. The molecular formula is C21H26N4O. The minimum atomic E-state index is -0.0567. The Balaban J connectivity index is 1.38. The lowest BCUT2D eigenvalue weighted by Gasteiger charge is -2.38. The highest BCUT2D eigenvalue weighted by molar-refractivity contribution is 5.92. The lowest BCUT2D eigenvalue weighted by atomic mass is 10.1. The number of amides is 1. The maximum absolute atomic E-state index is 12.0. The van der Waals surface area contributed by atoms with Crippen LogP contribution in [0, 0.1) is 13.8 Å². The fourth-order valence-electron chi connectivity index (χ4n) is 3.48. The summed E-state index contributed by atoms with van der Waals surface area (Å²) in [4.78, 5) is 21.2. The molecule has 1 saturated heterocycles. The molecule has 1 aliphatic carbocycles. The first-order chi connectivity index (χ1) is 12.6. The molecule has 1 N–H and O–H groups in total. The highest BCUT2D eigenvalue weighted by Crippen LogP contribution is 2.25. The van der Waals surface area contributed by atoms with Crippen LogP contribution in [-0.2, 0) is 0 Å². The van der Waals surface area contributed by atoms with Crippen molar-refractivity contribution in [2.75, 3.05) is 36.0 Å². The second-order valence-electron chi connectivity index (χ2n) is 7.34. The fourth-order valence-corrected chi connectivity index (χ4v) is 3.48. The summed E-state index contributed by atoms with van der Waals surface area (Å²) in [5, 5.41) is 2.98. The lowest BCUT2D eigenvalue weighted by molar-refractivity contribution is 0.0946. The fraction of sp³-hybridized carbons (Fsp3) is 0.429. The molecule has 5 heteroatoms. The van der Waals surface area contributed by atoms with Crippen molar-refractivity contribution in [2.24, 2.45) is 0 Å². The highest BCUT2D eigenvalue weighted by atomic mass is 16.2. The van der Waals surface area contributed by atoms with Crippen LogP contribution in [0.15, 0.2) is 36.5 Å². The summed E-state index contributed by atoms with van der Waals surface area (Å²) in [6.07, 6.45) is 4.01. The minimum absolute atomic E-state index is 0.0567. The van der Waals surface area contributed by atoms with Crippen molar-refractivity contribution in [3.05, 3.63) is 53.3 Å². The van der Waals surface area contributed by atoms with Gasteiger partial charge in [-0.3, -0.25) is 4.79 Å². The molecule has 0 bridgehead atoms. The number of aryl methyl sites for hydroxylation is 1. The summed E-state index contributed by atoms with van der Waals surface area (Å²) in [6.45, 7) is 8.28. The zero-order chi connectivity index (χ0) is 18.1. The predicted molar refractivity (Wildman–Crippen MR) is 105 cm³/mol. The Bertz CT molecular complexity index is 790. The Hall–Kier alpha value is -2.56. The number of hydrogen-bond donors (Lipinski definition) is 1. The van der Waals surface area contributed by atoms with Gasteiger partial charge in [-0.25, -0.2) is 4.98 Å². The van der Waals surface area contributed by atoms with Crippen LogP contribution < -0.4 is 15.1 Å². The van der Waals surface area contributed by atoms with Crippen LogP contribution in [-0.4, -0.2) is 43.1 Å². The molecule has 2 heterocycles. The average Bonchev–Trinajstić information content (AvgIpc) is 3.48. The zero-order valence-corrected chi connectivity index (χ0v) is 15.5. The summed E-state index contributed by atoms with van der Waals surface area (Å²) in [5.74, 6) is -0.0567. The number of hydrogen-bond acceptors (Lipinski definition) is 4. The molecule has 1 saturated carbocycles. The van der Waals surface area contributed by atoms with E-state index in [1.165, 1.54) is 16.8 Å². The lowest BCUT2D eigenvalue weighted by Crippen LogP contribution is -2.46. The number of rotatable bonds is 4. The van der Waals surface area contributed by atoms with Gasteiger partial charge in [-0.2, -0.15) is 0 Å². The first-order valence-corrected chi connectivity index (χ1v) is 9.45. The van der Waals surface area contributed by atoms with Gasteiger partial charge in [0, 0.05) is 37.9 Å². The Labute approximate surface area is 155 Å². The monoisotopic (exact) mass is 350 g/mol. The Morgan fingerprint density at radius 2 is 1.77 bits per heavy atom. The van der Waals surface area contributed by atoms with Crippen molar-refractivity contribution in [3.8, 4) is 0 Å². The minimum Gasteiger partial charge on any atom is -0.368 e. The first-order valence-electron chi connectivity index (χ1n) is 9.45. The van der Waals surface area contributed by atoms with Gasteiger partial charge in [0.15, 0.2) is 0 Å². The Morgan fingerprint density at radius 3 is 2.42 bits per heavy atom. The van der Waals surface area contributed by atoms with E-state index in [2.05, 4.69) is 52.1 Å². The van der Waals surface area contributed by atoms with Crippen LogP contribution in [0.5, 0.6) is 0 Å². The highest BCUT2D eigenvalue weighted by Gasteiger charge is 2.24. The topological polar surface area (TPSA) is 48.5 Å². The number of nitrogens with one attached hydrogen (secondary N) is 1. The second kappa shape index (κ2) is 6.98. The molecule has 1 amide bonds. The van der Waals surface area contributed by atoms with Crippen LogP contribution >= 0.6 is 0 Å². The molecule has 0 spiro atoms. The van der Waals surface area contributed by atoms with Gasteiger partial charge in [0.1, 0.15) is 5.69 Å². The molecule has 5 nitrogen and oxygen atoms in total. The van der Waals surface area contributed by atoms with Gasteiger partial charge in [-0.05, 0) is 56.0 Å². The largest absolute Gasteiger partial charge is 0.368 e. The summed E-state index contributed by atoms with van der Waals surface area (Å²) in [7, 11) is 0. The van der Waals surface area contributed by atoms with E-state index in [-0.39, 0.29) is 5.91 Å². The predicted octanol–water partition coefficient (Wildman–Crippen LogP) is 2.92. The molecule has 136 valence electrons. The molecule has 0 unspecified atom stereocenters. The van der Waals surface area contributed by atoms with Gasteiger partial charge in [-0.15, -0.1) is 0 Å². The Morgan fingerprint density at radius 1 is 1.04 bits per heavy atom. The molecule has 0 atom stereocenters. The van der Waals surface area contributed by atoms with Crippen molar-refractivity contribution < 1.29 is 4.79 Å². The number of carbonyl (C=O) groups is 1. The quantitative estimate of drug-likeness (QED) is 0.921. The van der Waals surface area contributed by atoms with Gasteiger partial charge in [0.2, 0.25) is 0 Å². The maximum Gasteiger partial charge on any atom is 0.270 e. The zero-order valence-electron chi connectivity index (χ0n) is 15.5. The van der Waals surface area contributed by atoms with Gasteiger partial charge in [0.25, 0.3) is 5.91 Å². The number of benzene rings is 1. The van der Waals surface area contributed by atoms with Gasteiger partial charge < -0.3 is 15.1 Å². The SMILES string of the molecule is Cc1cccc(N2CCN(c3ccc(C(=O)NC4CC4)nc3)CC2)c1C. The van der Waals surface area contributed by atoms with Crippen LogP contribution in [0.4, 0.5) is 11.4 Å². The molecule has 2 fully saturated rings. The number of anilines is 2. The van der Waals surface area contributed by atoms with E-state index in [0.29, 0.717) is 11.7 Å². The van der Waals surface area contributed by atoms with Crippen molar-refractivity contribution in [2.45, 2.75) is 32.7 Å².